The van der Waals surface area contributed by atoms with Crippen LogP contribution in [0.5, 0.6) is 0 Å². The molecule has 0 amide bonds. The summed E-state index contributed by atoms with van der Waals surface area (Å²) in [6.07, 6.45) is 4.77. The minimum atomic E-state index is 0.0648. The standard InChI is InChI=1S/C6H12N2.C4H8O.C2H6/c1-2-7-3-6(1)4-8-5-6;5-4-2-1-3-4;1-2/h7-8H,1-5H2;4-5H,1-3H2;1-2H3. The first-order valence-corrected chi connectivity index (χ1v) is 6.40. The fourth-order valence-electron chi connectivity index (χ4n) is 1.96. The molecule has 2 heterocycles. The maximum absolute atomic E-state index is 8.45. The van der Waals surface area contributed by atoms with E-state index < -0.39 is 0 Å². The summed E-state index contributed by atoms with van der Waals surface area (Å²) in [5.74, 6) is 0. The van der Waals surface area contributed by atoms with Gasteiger partial charge in [0, 0.05) is 25.0 Å². The van der Waals surface area contributed by atoms with Crippen molar-refractivity contribution < 1.29 is 5.11 Å². The fraction of sp³-hybridized carbons (Fsp3) is 1.00. The van der Waals surface area contributed by atoms with Crippen LogP contribution < -0.4 is 10.6 Å². The predicted molar refractivity (Wildman–Crippen MR) is 64.0 cm³/mol. The highest BCUT2D eigenvalue weighted by Gasteiger charge is 2.38. The third-order valence-electron chi connectivity index (χ3n) is 3.41. The van der Waals surface area contributed by atoms with E-state index >= 15 is 0 Å². The fourth-order valence-corrected chi connectivity index (χ4v) is 1.96. The molecule has 0 aromatic carbocycles. The summed E-state index contributed by atoms with van der Waals surface area (Å²) < 4.78 is 0. The van der Waals surface area contributed by atoms with E-state index in [-0.39, 0.29) is 6.10 Å². The summed E-state index contributed by atoms with van der Waals surface area (Å²) in [6.45, 7) is 8.99. The molecule has 0 aromatic heterocycles. The van der Waals surface area contributed by atoms with Crippen LogP contribution in [0.1, 0.15) is 39.5 Å². The van der Waals surface area contributed by atoms with Crippen LogP contribution in [0.4, 0.5) is 0 Å². The third kappa shape index (κ3) is 3.74. The van der Waals surface area contributed by atoms with E-state index in [0.29, 0.717) is 5.41 Å². The van der Waals surface area contributed by atoms with Gasteiger partial charge in [0.1, 0.15) is 0 Å². The van der Waals surface area contributed by atoms with Gasteiger partial charge < -0.3 is 15.7 Å². The van der Waals surface area contributed by atoms with Crippen molar-refractivity contribution in [3.63, 3.8) is 0 Å². The van der Waals surface area contributed by atoms with Crippen molar-refractivity contribution in [2.75, 3.05) is 26.2 Å². The summed E-state index contributed by atoms with van der Waals surface area (Å²) >= 11 is 0. The van der Waals surface area contributed by atoms with Crippen molar-refractivity contribution in [1.29, 1.82) is 0 Å². The zero-order chi connectivity index (χ0) is 11.1. The van der Waals surface area contributed by atoms with E-state index in [4.69, 9.17) is 5.11 Å². The lowest BCUT2D eigenvalue weighted by atomic mass is 9.81. The highest BCUT2D eigenvalue weighted by molar-refractivity contribution is 4.97. The second kappa shape index (κ2) is 6.46. The largest absolute Gasteiger partial charge is 0.393 e. The maximum atomic E-state index is 8.45. The van der Waals surface area contributed by atoms with Gasteiger partial charge in [0.2, 0.25) is 0 Å². The molecule has 3 heteroatoms. The lowest BCUT2D eigenvalue weighted by Crippen LogP contribution is -2.54. The highest BCUT2D eigenvalue weighted by Crippen LogP contribution is 2.28. The van der Waals surface area contributed by atoms with Crippen LogP contribution >= 0.6 is 0 Å². The van der Waals surface area contributed by atoms with Crippen molar-refractivity contribution in [3.05, 3.63) is 0 Å². The van der Waals surface area contributed by atoms with Gasteiger partial charge in [0.15, 0.2) is 0 Å². The van der Waals surface area contributed by atoms with Gasteiger partial charge in [-0.1, -0.05) is 13.8 Å². The SMILES string of the molecule is C1CC2(CN1)CNC2.CC.OC1CCC1. The monoisotopic (exact) mass is 214 g/mol. The predicted octanol–water partition coefficient (Wildman–Crippen LogP) is 1.13. The highest BCUT2D eigenvalue weighted by atomic mass is 16.3. The number of hydrogen-bond donors (Lipinski definition) is 3. The van der Waals surface area contributed by atoms with Gasteiger partial charge in [-0.05, 0) is 32.2 Å². The molecule has 3 rings (SSSR count). The van der Waals surface area contributed by atoms with E-state index in [1.165, 1.54) is 39.0 Å². The summed E-state index contributed by atoms with van der Waals surface area (Å²) in [7, 11) is 0. The summed E-state index contributed by atoms with van der Waals surface area (Å²) in [5, 5.41) is 15.1. The Labute approximate surface area is 93.6 Å². The van der Waals surface area contributed by atoms with Crippen molar-refractivity contribution >= 4 is 0 Å². The number of rotatable bonds is 0. The second-order valence-corrected chi connectivity index (χ2v) is 4.62. The van der Waals surface area contributed by atoms with Crippen LogP contribution in [0.25, 0.3) is 0 Å². The van der Waals surface area contributed by atoms with Gasteiger partial charge >= 0.3 is 0 Å². The number of aliphatic hydroxyl groups is 1. The van der Waals surface area contributed by atoms with Gasteiger partial charge in [0.05, 0.1) is 6.10 Å². The van der Waals surface area contributed by atoms with Crippen molar-refractivity contribution in [1.82, 2.24) is 10.6 Å². The first kappa shape index (κ1) is 12.9. The molecule has 3 nitrogen and oxygen atoms in total. The number of hydrogen-bond acceptors (Lipinski definition) is 3. The van der Waals surface area contributed by atoms with Crippen molar-refractivity contribution in [3.8, 4) is 0 Å². The Hall–Kier alpha value is -0.120. The first-order valence-electron chi connectivity index (χ1n) is 6.40. The first-order chi connectivity index (χ1) is 7.31. The molecule has 15 heavy (non-hydrogen) atoms. The van der Waals surface area contributed by atoms with E-state index in [2.05, 4.69) is 10.6 Å². The smallest absolute Gasteiger partial charge is 0.0540 e. The van der Waals surface area contributed by atoms with E-state index in [1.54, 1.807) is 0 Å². The number of aliphatic hydroxyl groups excluding tert-OH is 1. The van der Waals surface area contributed by atoms with Gasteiger partial charge in [-0.15, -0.1) is 0 Å². The molecule has 3 N–H and O–H groups in total. The molecule has 1 saturated carbocycles. The summed E-state index contributed by atoms with van der Waals surface area (Å²) in [6, 6.07) is 0. The molecule has 0 bridgehead atoms. The van der Waals surface area contributed by atoms with Gasteiger partial charge in [-0.2, -0.15) is 0 Å². The third-order valence-corrected chi connectivity index (χ3v) is 3.41. The molecule has 2 aliphatic heterocycles. The number of nitrogens with one attached hydrogen (secondary N) is 2. The van der Waals surface area contributed by atoms with Gasteiger partial charge in [0.25, 0.3) is 0 Å². The van der Waals surface area contributed by atoms with Gasteiger partial charge in [-0.3, -0.25) is 0 Å². The Balaban J connectivity index is 0.000000140. The van der Waals surface area contributed by atoms with E-state index in [9.17, 15) is 0 Å². The molecule has 90 valence electrons. The Kier molecular flexibility index (Phi) is 5.58. The van der Waals surface area contributed by atoms with Crippen LogP contribution in [0, 0.1) is 5.41 Å². The molecule has 3 aliphatic rings. The zero-order valence-electron chi connectivity index (χ0n) is 10.2. The molecule has 1 aliphatic carbocycles. The topological polar surface area (TPSA) is 44.3 Å². The molecule has 3 fully saturated rings. The van der Waals surface area contributed by atoms with E-state index in [0.717, 1.165) is 12.8 Å². The van der Waals surface area contributed by atoms with Crippen molar-refractivity contribution in [2.45, 2.75) is 45.6 Å². The Morgan fingerprint density at radius 1 is 1.07 bits per heavy atom. The average molecular weight is 214 g/mol. The van der Waals surface area contributed by atoms with Crippen LogP contribution in [0.3, 0.4) is 0 Å². The molecule has 2 saturated heterocycles. The minimum absolute atomic E-state index is 0.0648. The molecule has 0 unspecified atom stereocenters. The Morgan fingerprint density at radius 3 is 1.73 bits per heavy atom. The normalized spacial score (nSPS) is 26.6. The van der Waals surface area contributed by atoms with E-state index in [1.807, 2.05) is 13.8 Å². The Morgan fingerprint density at radius 2 is 1.60 bits per heavy atom. The quantitative estimate of drug-likeness (QED) is 0.566. The lowest BCUT2D eigenvalue weighted by molar-refractivity contribution is 0.0950. The summed E-state index contributed by atoms with van der Waals surface area (Å²) in [4.78, 5) is 0. The average Bonchev–Trinajstić information content (AvgIpc) is 2.67. The molecular weight excluding hydrogens is 188 g/mol. The zero-order valence-corrected chi connectivity index (χ0v) is 10.2. The van der Waals surface area contributed by atoms with Crippen LogP contribution in [-0.2, 0) is 0 Å². The van der Waals surface area contributed by atoms with Gasteiger partial charge in [-0.25, -0.2) is 0 Å². The minimum Gasteiger partial charge on any atom is -0.393 e. The van der Waals surface area contributed by atoms with Crippen LogP contribution in [0.2, 0.25) is 0 Å². The molecule has 0 aromatic rings. The molecule has 1 spiro atoms. The molecular formula is C12H26N2O. The molecule has 0 atom stereocenters. The second-order valence-electron chi connectivity index (χ2n) is 4.62. The van der Waals surface area contributed by atoms with Crippen molar-refractivity contribution in [2.24, 2.45) is 5.41 Å². The molecule has 0 radical (unpaired) electrons. The lowest BCUT2D eigenvalue weighted by Gasteiger charge is -2.38. The summed E-state index contributed by atoms with van der Waals surface area (Å²) in [5.41, 5.74) is 0.694. The van der Waals surface area contributed by atoms with Crippen LogP contribution in [-0.4, -0.2) is 37.4 Å². The Bertz CT molecular complexity index is 157. The van der Waals surface area contributed by atoms with Crippen LogP contribution in [0.15, 0.2) is 0 Å². The maximum Gasteiger partial charge on any atom is 0.0540 e.